The van der Waals surface area contributed by atoms with Crippen molar-refractivity contribution in [3.63, 3.8) is 0 Å². The highest BCUT2D eigenvalue weighted by molar-refractivity contribution is 6.20. The van der Waals surface area contributed by atoms with E-state index in [1.807, 2.05) is 6.92 Å². The van der Waals surface area contributed by atoms with E-state index in [4.69, 9.17) is 4.74 Å². The van der Waals surface area contributed by atoms with Crippen LogP contribution in [0.25, 0.3) is 11.6 Å². The van der Waals surface area contributed by atoms with Crippen LogP contribution >= 0.6 is 0 Å². The molecule has 0 spiro atoms. The van der Waals surface area contributed by atoms with Crippen LogP contribution in [0.4, 0.5) is 4.39 Å². The highest BCUT2D eigenvalue weighted by Crippen LogP contribution is 2.21. The second-order valence-corrected chi connectivity index (χ2v) is 4.79. The first-order valence-electron chi connectivity index (χ1n) is 7.04. The van der Waals surface area contributed by atoms with Crippen molar-refractivity contribution in [2.75, 3.05) is 6.61 Å². The number of rotatable bonds is 6. The predicted octanol–water partition coefficient (Wildman–Crippen LogP) is 4.24. The Labute approximate surface area is 128 Å². The van der Waals surface area contributed by atoms with Crippen LogP contribution < -0.4 is 4.74 Å². The van der Waals surface area contributed by atoms with E-state index in [9.17, 15) is 14.3 Å². The zero-order valence-electron chi connectivity index (χ0n) is 12.3. The van der Waals surface area contributed by atoms with Gasteiger partial charge in [-0.25, -0.2) is 9.18 Å². The molecule has 0 aliphatic heterocycles. The predicted molar refractivity (Wildman–Crippen MR) is 84.1 cm³/mol. The average Bonchev–Trinajstić information content (AvgIpc) is 2.52. The molecule has 4 heteroatoms. The quantitative estimate of drug-likeness (QED) is 0.641. The monoisotopic (exact) mass is 300 g/mol. The summed E-state index contributed by atoms with van der Waals surface area (Å²) in [6, 6.07) is 12.6. The molecule has 0 saturated carbocycles. The molecule has 2 aromatic rings. The van der Waals surface area contributed by atoms with E-state index in [1.165, 1.54) is 24.3 Å². The van der Waals surface area contributed by atoms with E-state index < -0.39 is 11.8 Å². The molecule has 0 bridgehead atoms. The zero-order chi connectivity index (χ0) is 15.9. The SMILES string of the molecule is CCCOc1ccc(/C=C(\C(=O)O)c2ccc(F)cc2)cc1. The molecule has 0 fully saturated rings. The molecule has 0 unspecified atom stereocenters. The van der Waals surface area contributed by atoms with Crippen LogP contribution in [0, 0.1) is 5.82 Å². The zero-order valence-corrected chi connectivity index (χ0v) is 12.3. The van der Waals surface area contributed by atoms with Crippen molar-refractivity contribution in [3.05, 3.63) is 65.5 Å². The molecule has 2 rings (SSSR count). The molecule has 0 aliphatic rings. The Morgan fingerprint density at radius 1 is 1.14 bits per heavy atom. The summed E-state index contributed by atoms with van der Waals surface area (Å²) in [4.78, 5) is 11.4. The number of benzene rings is 2. The van der Waals surface area contributed by atoms with Gasteiger partial charge in [-0.3, -0.25) is 0 Å². The first kappa shape index (κ1) is 15.8. The normalized spacial score (nSPS) is 11.3. The van der Waals surface area contributed by atoms with Crippen molar-refractivity contribution < 1.29 is 19.0 Å². The lowest BCUT2D eigenvalue weighted by atomic mass is 10.0. The minimum absolute atomic E-state index is 0.113. The standard InChI is InChI=1S/C18H17FO3/c1-2-11-22-16-9-3-13(4-10-16)12-17(18(20)21)14-5-7-15(19)8-6-14/h3-10,12H,2,11H2,1H3,(H,20,21)/b17-12-. The molecule has 114 valence electrons. The Bertz CT molecular complexity index is 658. The van der Waals surface area contributed by atoms with Crippen LogP contribution in [0.5, 0.6) is 5.75 Å². The molecule has 0 radical (unpaired) electrons. The Hall–Kier alpha value is -2.62. The summed E-state index contributed by atoms with van der Waals surface area (Å²) >= 11 is 0. The van der Waals surface area contributed by atoms with E-state index in [-0.39, 0.29) is 5.57 Å². The van der Waals surface area contributed by atoms with Gasteiger partial charge in [0, 0.05) is 0 Å². The third-order valence-electron chi connectivity index (χ3n) is 3.05. The van der Waals surface area contributed by atoms with Crippen LogP contribution in [-0.4, -0.2) is 17.7 Å². The number of carbonyl (C=O) groups is 1. The molecule has 22 heavy (non-hydrogen) atoms. The van der Waals surface area contributed by atoms with Gasteiger partial charge >= 0.3 is 5.97 Å². The van der Waals surface area contributed by atoms with Crippen LogP contribution in [0.1, 0.15) is 24.5 Å². The maximum absolute atomic E-state index is 12.9. The average molecular weight is 300 g/mol. The molecule has 0 heterocycles. The fourth-order valence-electron chi connectivity index (χ4n) is 1.94. The number of carboxylic acids is 1. The van der Waals surface area contributed by atoms with Gasteiger partial charge in [0.05, 0.1) is 12.2 Å². The minimum atomic E-state index is -1.06. The van der Waals surface area contributed by atoms with Gasteiger partial charge in [0.1, 0.15) is 11.6 Å². The maximum atomic E-state index is 12.9. The highest BCUT2D eigenvalue weighted by atomic mass is 19.1. The van der Waals surface area contributed by atoms with Crippen molar-refractivity contribution in [2.24, 2.45) is 0 Å². The topological polar surface area (TPSA) is 46.5 Å². The molecule has 0 aliphatic carbocycles. The Kier molecular flexibility index (Phi) is 5.31. The van der Waals surface area contributed by atoms with Gasteiger partial charge in [0.2, 0.25) is 0 Å². The number of ether oxygens (including phenoxy) is 1. The second-order valence-electron chi connectivity index (χ2n) is 4.79. The number of halogens is 1. The molecule has 1 N–H and O–H groups in total. The molecule has 0 aromatic heterocycles. The number of carboxylic acid groups (broad SMARTS) is 1. The van der Waals surface area contributed by atoms with E-state index in [0.29, 0.717) is 12.2 Å². The van der Waals surface area contributed by atoms with E-state index in [1.54, 1.807) is 30.3 Å². The van der Waals surface area contributed by atoms with Crippen molar-refractivity contribution in [1.82, 2.24) is 0 Å². The summed E-state index contributed by atoms with van der Waals surface area (Å²) in [6.45, 7) is 2.67. The molecule has 3 nitrogen and oxygen atoms in total. The second kappa shape index (κ2) is 7.41. The summed E-state index contributed by atoms with van der Waals surface area (Å²) in [5, 5.41) is 9.34. The summed E-state index contributed by atoms with van der Waals surface area (Å²) in [5.74, 6) is -0.707. The molecule has 0 amide bonds. The Balaban J connectivity index is 2.26. The Morgan fingerprint density at radius 2 is 1.77 bits per heavy atom. The first-order valence-corrected chi connectivity index (χ1v) is 7.04. The third-order valence-corrected chi connectivity index (χ3v) is 3.05. The summed E-state index contributed by atoms with van der Waals surface area (Å²) < 4.78 is 18.4. The largest absolute Gasteiger partial charge is 0.494 e. The lowest BCUT2D eigenvalue weighted by molar-refractivity contribution is -0.130. The van der Waals surface area contributed by atoms with Gasteiger partial charge in [-0.2, -0.15) is 0 Å². The van der Waals surface area contributed by atoms with Gasteiger partial charge in [-0.1, -0.05) is 31.2 Å². The van der Waals surface area contributed by atoms with Crippen molar-refractivity contribution in [2.45, 2.75) is 13.3 Å². The molecular formula is C18H17FO3. The smallest absolute Gasteiger partial charge is 0.336 e. The molecule has 2 aromatic carbocycles. The maximum Gasteiger partial charge on any atom is 0.336 e. The van der Waals surface area contributed by atoms with Gasteiger partial charge in [0.15, 0.2) is 0 Å². The molecule has 0 saturated heterocycles. The van der Waals surface area contributed by atoms with Crippen LogP contribution in [0.2, 0.25) is 0 Å². The highest BCUT2D eigenvalue weighted by Gasteiger charge is 2.10. The van der Waals surface area contributed by atoms with Crippen LogP contribution in [-0.2, 0) is 4.79 Å². The van der Waals surface area contributed by atoms with Crippen LogP contribution in [0.3, 0.4) is 0 Å². The van der Waals surface area contributed by atoms with Gasteiger partial charge < -0.3 is 9.84 Å². The van der Waals surface area contributed by atoms with Gasteiger partial charge in [-0.05, 0) is 47.9 Å². The van der Waals surface area contributed by atoms with Crippen molar-refractivity contribution in [3.8, 4) is 5.75 Å². The van der Waals surface area contributed by atoms with Crippen molar-refractivity contribution in [1.29, 1.82) is 0 Å². The van der Waals surface area contributed by atoms with E-state index >= 15 is 0 Å². The van der Waals surface area contributed by atoms with E-state index in [0.717, 1.165) is 17.7 Å². The molecule has 0 atom stereocenters. The third kappa shape index (κ3) is 4.19. The summed E-state index contributed by atoms with van der Waals surface area (Å²) in [7, 11) is 0. The lowest BCUT2D eigenvalue weighted by Gasteiger charge is -2.06. The molecular weight excluding hydrogens is 283 g/mol. The van der Waals surface area contributed by atoms with Gasteiger partial charge in [-0.15, -0.1) is 0 Å². The first-order chi connectivity index (χ1) is 10.6. The minimum Gasteiger partial charge on any atom is -0.494 e. The fourth-order valence-corrected chi connectivity index (χ4v) is 1.94. The fraction of sp³-hybridized carbons (Fsp3) is 0.167. The lowest BCUT2D eigenvalue weighted by Crippen LogP contribution is -2.00. The van der Waals surface area contributed by atoms with Gasteiger partial charge in [0.25, 0.3) is 0 Å². The number of hydrogen-bond donors (Lipinski definition) is 1. The van der Waals surface area contributed by atoms with E-state index in [2.05, 4.69) is 0 Å². The van der Waals surface area contributed by atoms with Crippen LogP contribution in [0.15, 0.2) is 48.5 Å². The van der Waals surface area contributed by atoms with Crippen molar-refractivity contribution >= 4 is 17.6 Å². The summed E-state index contributed by atoms with van der Waals surface area (Å²) in [5.41, 5.74) is 1.31. The number of aliphatic carboxylic acids is 1. The Morgan fingerprint density at radius 3 is 2.32 bits per heavy atom. The summed E-state index contributed by atoms with van der Waals surface area (Å²) in [6.07, 6.45) is 2.48. The number of hydrogen-bond acceptors (Lipinski definition) is 2.